The van der Waals surface area contributed by atoms with Crippen LogP contribution in [0.1, 0.15) is 27.7 Å². The van der Waals surface area contributed by atoms with E-state index < -0.39 is 0 Å². The van der Waals surface area contributed by atoms with E-state index in [0.717, 1.165) is 22.4 Å². The van der Waals surface area contributed by atoms with Crippen molar-refractivity contribution < 1.29 is 0 Å². The minimum atomic E-state index is 0.215. The molecule has 0 radical (unpaired) electrons. The van der Waals surface area contributed by atoms with Gasteiger partial charge in [-0.15, -0.1) is 0 Å². The van der Waals surface area contributed by atoms with Crippen LogP contribution in [0.4, 0.5) is 11.5 Å². The van der Waals surface area contributed by atoms with Crippen molar-refractivity contribution in [1.29, 1.82) is 0 Å². The van der Waals surface area contributed by atoms with Crippen LogP contribution in [0.5, 0.6) is 0 Å². The third kappa shape index (κ3) is 2.80. The Balaban J connectivity index is 2.38. The lowest BCUT2D eigenvalue weighted by Gasteiger charge is -2.36. The Kier molecular flexibility index (Phi) is 3.40. The summed E-state index contributed by atoms with van der Waals surface area (Å²) in [6.07, 6.45) is 0. The lowest BCUT2D eigenvalue weighted by Crippen LogP contribution is -2.39. The number of fused-ring (bicyclic) bond motifs is 1. The Morgan fingerprint density at radius 2 is 1.84 bits per heavy atom. The number of hydrogen-bond acceptors (Lipinski definition) is 3. The molecule has 3 heteroatoms. The monoisotopic (exact) mass is 257 g/mol. The maximum atomic E-state index is 5.79. The van der Waals surface area contributed by atoms with E-state index in [2.05, 4.69) is 51.8 Å². The number of hydrogen-bond donors (Lipinski definition) is 1. The molecule has 0 spiro atoms. The van der Waals surface area contributed by atoms with E-state index in [4.69, 9.17) is 10.7 Å². The van der Waals surface area contributed by atoms with Crippen LogP contribution in [0.2, 0.25) is 0 Å². The van der Waals surface area contributed by atoms with E-state index in [-0.39, 0.29) is 5.41 Å². The Bertz CT molecular complexity index is 584. The summed E-state index contributed by atoms with van der Waals surface area (Å²) in [5, 5.41) is 1.08. The van der Waals surface area contributed by atoms with Gasteiger partial charge >= 0.3 is 0 Å². The molecule has 3 nitrogen and oxygen atoms in total. The molecule has 1 atom stereocenters. The summed E-state index contributed by atoms with van der Waals surface area (Å²) in [6.45, 7) is 8.97. The highest BCUT2D eigenvalue weighted by molar-refractivity contribution is 5.83. The largest absolute Gasteiger partial charge is 0.399 e. The topological polar surface area (TPSA) is 42.1 Å². The van der Waals surface area contributed by atoms with Gasteiger partial charge in [0.1, 0.15) is 5.82 Å². The summed E-state index contributed by atoms with van der Waals surface area (Å²) in [5.41, 5.74) is 7.77. The fraction of sp³-hybridized carbons (Fsp3) is 0.438. The second-order valence-electron chi connectivity index (χ2n) is 6.27. The molecule has 0 amide bonds. The average molecular weight is 257 g/mol. The summed E-state index contributed by atoms with van der Waals surface area (Å²) >= 11 is 0. The molecule has 102 valence electrons. The fourth-order valence-corrected chi connectivity index (χ4v) is 2.11. The first kappa shape index (κ1) is 13.7. The van der Waals surface area contributed by atoms with Gasteiger partial charge < -0.3 is 10.6 Å². The van der Waals surface area contributed by atoms with Gasteiger partial charge in [0.15, 0.2) is 0 Å². The molecule has 0 aliphatic heterocycles. The van der Waals surface area contributed by atoms with Crippen molar-refractivity contribution in [3.8, 4) is 0 Å². The molecule has 19 heavy (non-hydrogen) atoms. The molecular formula is C16H23N3. The van der Waals surface area contributed by atoms with Gasteiger partial charge in [0.2, 0.25) is 0 Å². The highest BCUT2D eigenvalue weighted by atomic mass is 15.2. The van der Waals surface area contributed by atoms with Gasteiger partial charge in [-0.3, -0.25) is 0 Å². The van der Waals surface area contributed by atoms with Crippen LogP contribution in [0.25, 0.3) is 10.9 Å². The number of anilines is 2. The minimum absolute atomic E-state index is 0.215. The van der Waals surface area contributed by atoms with Gasteiger partial charge in [0, 0.05) is 24.2 Å². The number of benzene rings is 1. The first-order valence-electron chi connectivity index (χ1n) is 6.68. The molecule has 0 fully saturated rings. The molecule has 2 N–H and O–H groups in total. The molecule has 1 aromatic heterocycles. The van der Waals surface area contributed by atoms with Crippen LogP contribution in [0, 0.1) is 5.41 Å². The summed E-state index contributed by atoms with van der Waals surface area (Å²) in [4.78, 5) is 6.95. The smallest absolute Gasteiger partial charge is 0.129 e. The second kappa shape index (κ2) is 4.72. The molecular weight excluding hydrogens is 234 g/mol. The molecule has 1 aromatic carbocycles. The van der Waals surface area contributed by atoms with Crippen LogP contribution in [-0.4, -0.2) is 18.1 Å². The van der Waals surface area contributed by atoms with Gasteiger partial charge in [0.05, 0.1) is 5.52 Å². The van der Waals surface area contributed by atoms with Crippen molar-refractivity contribution in [2.45, 2.75) is 33.7 Å². The van der Waals surface area contributed by atoms with E-state index in [0.29, 0.717) is 6.04 Å². The lowest BCUT2D eigenvalue weighted by molar-refractivity contribution is 0.328. The number of nitrogens with zero attached hydrogens (tertiary/aromatic N) is 2. The molecule has 0 aliphatic carbocycles. The van der Waals surface area contributed by atoms with Gasteiger partial charge in [-0.05, 0) is 42.7 Å². The third-order valence-corrected chi connectivity index (χ3v) is 3.89. The Morgan fingerprint density at radius 3 is 2.47 bits per heavy atom. The van der Waals surface area contributed by atoms with Crippen LogP contribution in [0.15, 0.2) is 30.3 Å². The number of rotatable bonds is 2. The molecule has 1 unspecified atom stereocenters. The van der Waals surface area contributed by atoms with Crippen molar-refractivity contribution in [3.63, 3.8) is 0 Å². The normalized spacial score (nSPS) is 13.5. The van der Waals surface area contributed by atoms with Crippen LogP contribution in [-0.2, 0) is 0 Å². The predicted octanol–water partition coefficient (Wildman–Crippen LogP) is 3.69. The number of nitrogens with two attached hydrogens (primary N) is 1. The molecule has 2 rings (SSSR count). The highest BCUT2D eigenvalue weighted by Gasteiger charge is 2.24. The summed E-state index contributed by atoms with van der Waals surface area (Å²) in [5.74, 6) is 1.000. The third-order valence-electron chi connectivity index (χ3n) is 3.89. The van der Waals surface area contributed by atoms with E-state index in [1.807, 2.05) is 18.2 Å². The maximum absolute atomic E-state index is 5.79. The molecule has 0 aliphatic rings. The SMILES string of the molecule is CC(N(C)c1ccc2cc(N)ccc2n1)C(C)(C)C. The molecule has 2 aromatic rings. The molecule has 0 saturated heterocycles. The van der Waals surface area contributed by atoms with Crippen molar-refractivity contribution in [2.75, 3.05) is 17.7 Å². The minimum Gasteiger partial charge on any atom is -0.399 e. The maximum Gasteiger partial charge on any atom is 0.129 e. The van der Waals surface area contributed by atoms with E-state index in [9.17, 15) is 0 Å². The zero-order chi connectivity index (χ0) is 14.2. The van der Waals surface area contributed by atoms with Crippen molar-refractivity contribution in [3.05, 3.63) is 30.3 Å². The van der Waals surface area contributed by atoms with E-state index in [1.165, 1.54) is 0 Å². The first-order chi connectivity index (χ1) is 8.79. The number of aromatic nitrogens is 1. The Morgan fingerprint density at radius 1 is 1.16 bits per heavy atom. The standard InChI is InChI=1S/C16H23N3/c1-11(16(2,3)4)19(5)15-9-6-12-10-13(17)7-8-14(12)18-15/h6-11H,17H2,1-5H3. The first-order valence-corrected chi connectivity index (χ1v) is 6.68. The van der Waals surface area contributed by atoms with E-state index in [1.54, 1.807) is 0 Å². The Hall–Kier alpha value is -1.77. The fourth-order valence-electron chi connectivity index (χ4n) is 2.11. The highest BCUT2D eigenvalue weighted by Crippen LogP contribution is 2.27. The average Bonchev–Trinajstić information content (AvgIpc) is 2.35. The van der Waals surface area contributed by atoms with Crippen LogP contribution in [0.3, 0.4) is 0 Å². The predicted molar refractivity (Wildman–Crippen MR) is 83.5 cm³/mol. The van der Waals surface area contributed by atoms with Gasteiger partial charge in [-0.1, -0.05) is 20.8 Å². The van der Waals surface area contributed by atoms with Crippen molar-refractivity contribution in [2.24, 2.45) is 5.41 Å². The quantitative estimate of drug-likeness (QED) is 0.834. The van der Waals surface area contributed by atoms with Gasteiger partial charge in [0.25, 0.3) is 0 Å². The van der Waals surface area contributed by atoms with Gasteiger partial charge in [-0.25, -0.2) is 4.98 Å². The van der Waals surface area contributed by atoms with Gasteiger partial charge in [-0.2, -0.15) is 0 Å². The Labute approximate surface area is 115 Å². The van der Waals surface area contributed by atoms with Crippen molar-refractivity contribution in [1.82, 2.24) is 4.98 Å². The van der Waals surface area contributed by atoms with Crippen LogP contribution >= 0.6 is 0 Å². The summed E-state index contributed by atoms with van der Waals surface area (Å²) in [7, 11) is 2.10. The zero-order valence-electron chi connectivity index (χ0n) is 12.4. The van der Waals surface area contributed by atoms with Crippen LogP contribution < -0.4 is 10.6 Å². The summed E-state index contributed by atoms with van der Waals surface area (Å²) < 4.78 is 0. The number of nitrogen functional groups attached to an aromatic ring is 1. The zero-order valence-corrected chi connectivity index (χ0v) is 12.4. The van der Waals surface area contributed by atoms with Crippen molar-refractivity contribution >= 4 is 22.4 Å². The number of pyridine rings is 1. The lowest BCUT2D eigenvalue weighted by atomic mass is 9.87. The molecule has 0 saturated carbocycles. The van der Waals surface area contributed by atoms with E-state index >= 15 is 0 Å². The molecule has 1 heterocycles. The summed E-state index contributed by atoms with van der Waals surface area (Å²) in [6, 6.07) is 10.4. The molecule has 0 bridgehead atoms. The second-order valence-corrected chi connectivity index (χ2v) is 6.27.